The molecular weight excluding hydrogens is 365 g/mol. The van der Waals surface area contributed by atoms with Gasteiger partial charge in [0.1, 0.15) is 5.82 Å². The molecule has 0 radical (unpaired) electrons. The number of anilines is 1. The minimum absolute atomic E-state index is 0.209. The first-order valence-corrected chi connectivity index (χ1v) is 9.58. The van der Waals surface area contributed by atoms with Gasteiger partial charge in [-0.2, -0.15) is 0 Å². The number of aromatic nitrogens is 4. The molecule has 1 aliphatic carbocycles. The smallest absolute Gasteiger partial charge is 0.237 e. The van der Waals surface area contributed by atoms with Gasteiger partial charge in [-0.25, -0.2) is 4.39 Å². The average molecular weight is 383 g/mol. The van der Waals surface area contributed by atoms with Crippen LogP contribution in [0.15, 0.2) is 53.9 Å². The van der Waals surface area contributed by atoms with Crippen LogP contribution in [0.1, 0.15) is 25.8 Å². The summed E-state index contributed by atoms with van der Waals surface area (Å²) in [6.45, 7) is 1.80. The third-order valence-corrected chi connectivity index (χ3v) is 5.30. The minimum Gasteiger partial charge on any atom is -0.325 e. The number of pyridine rings is 1. The Morgan fingerprint density at radius 1 is 1.30 bits per heavy atom. The van der Waals surface area contributed by atoms with E-state index in [2.05, 4.69) is 25.1 Å². The van der Waals surface area contributed by atoms with Gasteiger partial charge in [0.15, 0.2) is 11.0 Å². The molecule has 2 aromatic heterocycles. The molecule has 2 heterocycles. The molecule has 1 atom stereocenters. The van der Waals surface area contributed by atoms with E-state index in [0.717, 1.165) is 24.2 Å². The molecular formula is C19H18FN5OS. The van der Waals surface area contributed by atoms with Crippen molar-refractivity contribution >= 4 is 23.4 Å². The normalized spacial score (nSPS) is 14.7. The van der Waals surface area contributed by atoms with Crippen molar-refractivity contribution in [3.05, 3.63) is 54.6 Å². The van der Waals surface area contributed by atoms with Crippen LogP contribution < -0.4 is 5.32 Å². The van der Waals surface area contributed by atoms with E-state index in [9.17, 15) is 9.18 Å². The van der Waals surface area contributed by atoms with Gasteiger partial charge in [0.05, 0.1) is 5.25 Å². The summed E-state index contributed by atoms with van der Waals surface area (Å²) in [5.74, 6) is 0.174. The third kappa shape index (κ3) is 4.00. The van der Waals surface area contributed by atoms with Crippen LogP contribution in [-0.4, -0.2) is 30.9 Å². The Hall–Kier alpha value is -2.74. The Morgan fingerprint density at radius 3 is 2.85 bits per heavy atom. The molecule has 1 amide bonds. The molecule has 3 aromatic rings. The molecule has 6 nitrogen and oxygen atoms in total. The van der Waals surface area contributed by atoms with Crippen LogP contribution in [0.25, 0.3) is 11.4 Å². The number of carbonyl (C=O) groups is 1. The standard InChI is InChI=1S/C19H18FN5OS/c1-12(18(26)22-15-6-2-5-14(20)10-15)27-19-24-23-17(25(19)16-7-8-16)13-4-3-9-21-11-13/h2-6,9-12,16H,7-8H2,1H3,(H,22,26)/t12-/m0/s1. The van der Waals surface area contributed by atoms with E-state index in [1.807, 2.05) is 12.1 Å². The Morgan fingerprint density at radius 2 is 2.15 bits per heavy atom. The van der Waals surface area contributed by atoms with Gasteiger partial charge in [-0.3, -0.25) is 14.3 Å². The zero-order valence-corrected chi connectivity index (χ0v) is 15.5. The molecule has 8 heteroatoms. The van der Waals surface area contributed by atoms with Gasteiger partial charge in [-0.1, -0.05) is 17.8 Å². The summed E-state index contributed by atoms with van der Waals surface area (Å²) in [4.78, 5) is 16.6. The lowest BCUT2D eigenvalue weighted by Gasteiger charge is -2.13. The Balaban J connectivity index is 1.52. The number of carbonyl (C=O) groups excluding carboxylic acids is 1. The summed E-state index contributed by atoms with van der Waals surface area (Å²) < 4.78 is 15.4. The third-order valence-electron chi connectivity index (χ3n) is 4.24. The van der Waals surface area contributed by atoms with E-state index in [-0.39, 0.29) is 11.7 Å². The maximum Gasteiger partial charge on any atom is 0.237 e. The van der Waals surface area contributed by atoms with E-state index in [0.29, 0.717) is 16.9 Å². The van der Waals surface area contributed by atoms with E-state index >= 15 is 0 Å². The van der Waals surface area contributed by atoms with Crippen molar-refractivity contribution in [2.75, 3.05) is 5.32 Å². The Kier molecular flexibility index (Phi) is 4.89. The van der Waals surface area contributed by atoms with Gasteiger partial charge in [0.25, 0.3) is 0 Å². The first-order valence-electron chi connectivity index (χ1n) is 8.70. The number of hydrogen-bond acceptors (Lipinski definition) is 5. The molecule has 1 N–H and O–H groups in total. The van der Waals surface area contributed by atoms with E-state index < -0.39 is 5.25 Å². The predicted octanol–water partition coefficient (Wildman–Crippen LogP) is 3.93. The molecule has 0 saturated heterocycles. The highest BCUT2D eigenvalue weighted by molar-refractivity contribution is 8.00. The zero-order chi connectivity index (χ0) is 18.8. The fourth-order valence-electron chi connectivity index (χ4n) is 2.73. The van der Waals surface area contributed by atoms with Crippen molar-refractivity contribution in [3.8, 4) is 11.4 Å². The van der Waals surface area contributed by atoms with Gasteiger partial charge in [0, 0.05) is 29.7 Å². The summed E-state index contributed by atoms with van der Waals surface area (Å²) >= 11 is 1.35. The number of rotatable bonds is 6. The van der Waals surface area contributed by atoms with Crippen LogP contribution in [0, 0.1) is 5.82 Å². The van der Waals surface area contributed by atoms with Crippen LogP contribution in [0.3, 0.4) is 0 Å². The topological polar surface area (TPSA) is 72.7 Å². The highest BCUT2D eigenvalue weighted by atomic mass is 32.2. The summed E-state index contributed by atoms with van der Waals surface area (Å²) in [6, 6.07) is 10.0. The van der Waals surface area contributed by atoms with Crippen molar-refractivity contribution in [2.24, 2.45) is 0 Å². The number of nitrogens with zero attached hydrogens (tertiary/aromatic N) is 4. The molecule has 138 valence electrons. The predicted molar refractivity (Wildman–Crippen MR) is 102 cm³/mol. The van der Waals surface area contributed by atoms with Gasteiger partial charge in [-0.15, -0.1) is 10.2 Å². The van der Waals surface area contributed by atoms with Crippen LogP contribution in [0.2, 0.25) is 0 Å². The number of nitrogens with one attached hydrogen (secondary N) is 1. The fourth-order valence-corrected chi connectivity index (χ4v) is 3.65. The van der Waals surface area contributed by atoms with Gasteiger partial charge < -0.3 is 5.32 Å². The van der Waals surface area contributed by atoms with Crippen molar-refractivity contribution < 1.29 is 9.18 Å². The molecule has 4 rings (SSSR count). The van der Waals surface area contributed by atoms with Crippen LogP contribution in [0.5, 0.6) is 0 Å². The fraction of sp³-hybridized carbons (Fsp3) is 0.263. The Labute approximate surface area is 160 Å². The molecule has 0 aliphatic heterocycles. The average Bonchev–Trinajstić information content (AvgIpc) is 3.42. The second kappa shape index (κ2) is 7.48. The number of hydrogen-bond donors (Lipinski definition) is 1. The van der Waals surface area contributed by atoms with Crippen molar-refractivity contribution in [1.29, 1.82) is 0 Å². The monoisotopic (exact) mass is 383 g/mol. The largest absolute Gasteiger partial charge is 0.325 e. The number of thioether (sulfide) groups is 1. The van der Waals surface area contributed by atoms with Crippen molar-refractivity contribution in [1.82, 2.24) is 19.7 Å². The SMILES string of the molecule is C[C@H](Sc1nnc(-c2cccnc2)n1C1CC1)C(=O)Nc1cccc(F)c1. The summed E-state index contributed by atoms with van der Waals surface area (Å²) in [7, 11) is 0. The van der Waals surface area contributed by atoms with Gasteiger partial charge >= 0.3 is 0 Å². The summed E-state index contributed by atoms with van der Waals surface area (Å²) in [5, 5.41) is 11.7. The molecule has 27 heavy (non-hydrogen) atoms. The molecule has 1 fully saturated rings. The second-order valence-electron chi connectivity index (χ2n) is 6.41. The number of amides is 1. The highest BCUT2D eigenvalue weighted by Crippen LogP contribution is 2.41. The van der Waals surface area contributed by atoms with Crippen LogP contribution in [0.4, 0.5) is 10.1 Å². The van der Waals surface area contributed by atoms with Gasteiger partial charge in [-0.05, 0) is 50.1 Å². The maximum atomic E-state index is 13.3. The van der Waals surface area contributed by atoms with Crippen molar-refractivity contribution in [2.45, 2.75) is 36.2 Å². The lowest BCUT2D eigenvalue weighted by atomic mass is 10.3. The molecule has 0 bridgehead atoms. The van der Waals surface area contributed by atoms with Crippen LogP contribution in [-0.2, 0) is 4.79 Å². The second-order valence-corrected chi connectivity index (χ2v) is 7.72. The Bertz CT molecular complexity index is 958. The molecule has 0 spiro atoms. The first kappa shape index (κ1) is 17.7. The lowest BCUT2D eigenvalue weighted by molar-refractivity contribution is -0.115. The van der Waals surface area contributed by atoms with E-state index in [1.165, 1.54) is 23.9 Å². The first-order chi connectivity index (χ1) is 13.1. The maximum absolute atomic E-state index is 13.3. The number of benzene rings is 1. The quantitative estimate of drug-likeness (QED) is 0.653. The molecule has 1 aromatic carbocycles. The zero-order valence-electron chi connectivity index (χ0n) is 14.7. The van der Waals surface area contributed by atoms with E-state index in [4.69, 9.17) is 0 Å². The van der Waals surface area contributed by atoms with Crippen molar-refractivity contribution in [3.63, 3.8) is 0 Å². The van der Waals surface area contributed by atoms with E-state index in [1.54, 1.807) is 31.5 Å². The molecule has 0 unspecified atom stereocenters. The molecule has 1 saturated carbocycles. The number of halogens is 1. The highest BCUT2D eigenvalue weighted by Gasteiger charge is 2.31. The minimum atomic E-state index is -0.406. The summed E-state index contributed by atoms with van der Waals surface area (Å²) in [5.41, 5.74) is 1.34. The molecule has 1 aliphatic rings. The van der Waals surface area contributed by atoms with Crippen LogP contribution >= 0.6 is 11.8 Å². The lowest BCUT2D eigenvalue weighted by Crippen LogP contribution is -2.23. The summed E-state index contributed by atoms with van der Waals surface area (Å²) in [6.07, 6.45) is 5.62. The van der Waals surface area contributed by atoms with Gasteiger partial charge in [0.2, 0.25) is 5.91 Å².